The lowest BCUT2D eigenvalue weighted by atomic mass is 10.2. The summed E-state index contributed by atoms with van der Waals surface area (Å²) < 4.78 is 5.01. The number of hydrogen-bond acceptors (Lipinski definition) is 3. The molecule has 0 aliphatic carbocycles. The van der Waals surface area contributed by atoms with Crippen LogP contribution in [-0.4, -0.2) is 31.7 Å². The normalized spacial score (nSPS) is 14.1. The van der Waals surface area contributed by atoms with Gasteiger partial charge in [0.2, 0.25) is 5.91 Å². The molecule has 0 fully saturated rings. The maximum absolute atomic E-state index is 11.8. The molecular formula is C13H20N2O2. The van der Waals surface area contributed by atoms with Crippen LogP contribution in [-0.2, 0) is 9.53 Å². The average molecular weight is 236 g/mol. The molecular weight excluding hydrogens is 216 g/mol. The van der Waals surface area contributed by atoms with E-state index in [0.29, 0.717) is 6.61 Å². The van der Waals surface area contributed by atoms with E-state index in [9.17, 15) is 4.79 Å². The van der Waals surface area contributed by atoms with E-state index in [2.05, 4.69) is 10.6 Å². The molecule has 1 rings (SSSR count). The van der Waals surface area contributed by atoms with Crippen LogP contribution in [0, 0.1) is 0 Å². The van der Waals surface area contributed by atoms with E-state index < -0.39 is 0 Å². The predicted molar refractivity (Wildman–Crippen MR) is 69.0 cm³/mol. The Morgan fingerprint density at radius 3 is 2.53 bits per heavy atom. The molecule has 0 bridgehead atoms. The number of carbonyl (C=O) groups excluding carboxylic acids is 1. The van der Waals surface area contributed by atoms with Crippen molar-refractivity contribution in [3.8, 4) is 0 Å². The Morgan fingerprint density at radius 1 is 1.29 bits per heavy atom. The van der Waals surface area contributed by atoms with E-state index >= 15 is 0 Å². The van der Waals surface area contributed by atoms with E-state index in [-0.39, 0.29) is 18.0 Å². The molecule has 0 spiro atoms. The molecule has 17 heavy (non-hydrogen) atoms. The predicted octanol–water partition coefficient (Wildman–Crippen LogP) is 1.64. The van der Waals surface area contributed by atoms with Crippen molar-refractivity contribution in [3.05, 3.63) is 30.3 Å². The summed E-state index contributed by atoms with van der Waals surface area (Å²) in [6, 6.07) is 9.32. The zero-order valence-electron chi connectivity index (χ0n) is 10.6. The first-order valence-electron chi connectivity index (χ1n) is 5.74. The lowest BCUT2D eigenvalue weighted by Crippen LogP contribution is -2.44. The minimum absolute atomic E-state index is 0.0425. The van der Waals surface area contributed by atoms with Gasteiger partial charge in [-0.25, -0.2) is 0 Å². The maximum Gasteiger partial charge on any atom is 0.241 e. The number of hydrogen-bond donors (Lipinski definition) is 2. The van der Waals surface area contributed by atoms with Gasteiger partial charge in [-0.1, -0.05) is 18.2 Å². The number of amides is 1. The van der Waals surface area contributed by atoms with E-state index in [1.165, 1.54) is 0 Å². The van der Waals surface area contributed by atoms with Crippen molar-refractivity contribution in [2.75, 3.05) is 19.0 Å². The first-order chi connectivity index (χ1) is 8.13. The molecule has 0 aliphatic heterocycles. The van der Waals surface area contributed by atoms with Gasteiger partial charge in [0, 0.05) is 18.8 Å². The molecule has 0 heterocycles. The van der Waals surface area contributed by atoms with E-state index in [1.54, 1.807) is 7.11 Å². The van der Waals surface area contributed by atoms with Gasteiger partial charge in [-0.05, 0) is 26.0 Å². The fourth-order valence-electron chi connectivity index (χ4n) is 1.57. The Morgan fingerprint density at radius 2 is 1.94 bits per heavy atom. The van der Waals surface area contributed by atoms with E-state index in [0.717, 1.165) is 5.69 Å². The fourth-order valence-corrected chi connectivity index (χ4v) is 1.57. The highest BCUT2D eigenvalue weighted by molar-refractivity contribution is 5.94. The summed E-state index contributed by atoms with van der Waals surface area (Å²) in [7, 11) is 1.65. The second kappa shape index (κ2) is 7.04. The average Bonchev–Trinajstić information content (AvgIpc) is 2.30. The smallest absolute Gasteiger partial charge is 0.241 e. The Kier molecular flexibility index (Phi) is 5.66. The SMILES string of the molecule is COCC(C)NC(C)C(=O)Nc1ccccc1. The third kappa shape index (κ3) is 4.97. The minimum atomic E-state index is -0.250. The van der Waals surface area contributed by atoms with Crippen molar-refractivity contribution in [2.45, 2.75) is 25.9 Å². The van der Waals surface area contributed by atoms with Gasteiger partial charge in [-0.15, -0.1) is 0 Å². The molecule has 2 atom stereocenters. The fraction of sp³-hybridized carbons (Fsp3) is 0.462. The first-order valence-corrected chi connectivity index (χ1v) is 5.74. The molecule has 4 heteroatoms. The molecule has 0 aromatic heterocycles. The molecule has 0 radical (unpaired) electrons. The van der Waals surface area contributed by atoms with Crippen LogP contribution in [0.15, 0.2) is 30.3 Å². The summed E-state index contributed by atoms with van der Waals surface area (Å²) >= 11 is 0. The third-order valence-electron chi connectivity index (χ3n) is 2.39. The van der Waals surface area contributed by atoms with Crippen molar-refractivity contribution in [3.63, 3.8) is 0 Å². The monoisotopic (exact) mass is 236 g/mol. The van der Waals surface area contributed by atoms with Crippen LogP contribution in [0.4, 0.5) is 5.69 Å². The van der Waals surface area contributed by atoms with Crippen molar-refractivity contribution in [1.82, 2.24) is 5.32 Å². The van der Waals surface area contributed by atoms with Gasteiger partial charge in [0.15, 0.2) is 0 Å². The Balaban J connectivity index is 2.42. The Bertz CT molecular complexity index is 341. The van der Waals surface area contributed by atoms with Crippen molar-refractivity contribution in [1.29, 1.82) is 0 Å². The van der Waals surface area contributed by atoms with Crippen molar-refractivity contribution < 1.29 is 9.53 Å². The highest BCUT2D eigenvalue weighted by atomic mass is 16.5. The summed E-state index contributed by atoms with van der Waals surface area (Å²) in [5, 5.41) is 6.01. The Labute approximate surface area is 102 Å². The number of para-hydroxylation sites is 1. The van der Waals surface area contributed by atoms with E-state index in [1.807, 2.05) is 44.2 Å². The number of ether oxygens (including phenoxy) is 1. The lowest BCUT2D eigenvalue weighted by molar-refractivity contribution is -0.118. The van der Waals surface area contributed by atoms with Gasteiger partial charge >= 0.3 is 0 Å². The molecule has 0 aliphatic rings. The summed E-state index contributed by atoms with van der Waals surface area (Å²) in [5.41, 5.74) is 0.811. The van der Waals surface area contributed by atoms with Gasteiger partial charge in [0.25, 0.3) is 0 Å². The highest BCUT2D eigenvalue weighted by Gasteiger charge is 2.14. The molecule has 1 aromatic rings. The van der Waals surface area contributed by atoms with Gasteiger partial charge < -0.3 is 15.4 Å². The molecule has 0 saturated carbocycles. The van der Waals surface area contributed by atoms with Gasteiger partial charge in [-0.2, -0.15) is 0 Å². The van der Waals surface area contributed by atoms with Gasteiger partial charge in [0.05, 0.1) is 12.6 Å². The number of benzene rings is 1. The minimum Gasteiger partial charge on any atom is -0.383 e. The van der Waals surface area contributed by atoms with Crippen LogP contribution < -0.4 is 10.6 Å². The highest BCUT2D eigenvalue weighted by Crippen LogP contribution is 2.05. The summed E-state index contributed by atoms with van der Waals surface area (Å²) in [4.78, 5) is 11.8. The number of nitrogens with one attached hydrogen (secondary N) is 2. The standard InChI is InChI=1S/C13H20N2O2/c1-10(9-17-3)14-11(2)13(16)15-12-7-5-4-6-8-12/h4-8,10-11,14H,9H2,1-3H3,(H,15,16). The van der Waals surface area contributed by atoms with Crippen LogP contribution in [0.5, 0.6) is 0 Å². The maximum atomic E-state index is 11.8. The molecule has 1 amide bonds. The quantitative estimate of drug-likeness (QED) is 0.789. The topological polar surface area (TPSA) is 50.4 Å². The second-order valence-electron chi connectivity index (χ2n) is 4.10. The van der Waals surface area contributed by atoms with Crippen molar-refractivity contribution >= 4 is 11.6 Å². The molecule has 2 N–H and O–H groups in total. The molecule has 0 saturated heterocycles. The van der Waals surface area contributed by atoms with Crippen LogP contribution in [0.2, 0.25) is 0 Å². The largest absolute Gasteiger partial charge is 0.383 e. The number of carbonyl (C=O) groups is 1. The summed E-state index contributed by atoms with van der Waals surface area (Å²) in [6.07, 6.45) is 0. The zero-order valence-corrected chi connectivity index (χ0v) is 10.6. The van der Waals surface area contributed by atoms with Gasteiger partial charge in [0.1, 0.15) is 0 Å². The lowest BCUT2D eigenvalue weighted by Gasteiger charge is -2.18. The molecule has 94 valence electrons. The van der Waals surface area contributed by atoms with Crippen molar-refractivity contribution in [2.24, 2.45) is 0 Å². The Hall–Kier alpha value is -1.39. The first kappa shape index (κ1) is 13.7. The molecule has 2 unspecified atom stereocenters. The van der Waals surface area contributed by atoms with Crippen LogP contribution in [0.1, 0.15) is 13.8 Å². The number of methoxy groups -OCH3 is 1. The van der Waals surface area contributed by atoms with E-state index in [4.69, 9.17) is 4.74 Å². The van der Waals surface area contributed by atoms with Gasteiger partial charge in [-0.3, -0.25) is 4.79 Å². The van der Waals surface area contributed by atoms with Crippen LogP contribution >= 0.6 is 0 Å². The zero-order chi connectivity index (χ0) is 12.7. The molecule has 1 aromatic carbocycles. The number of rotatable bonds is 6. The number of anilines is 1. The summed E-state index contributed by atoms with van der Waals surface area (Å²) in [6.45, 7) is 4.41. The third-order valence-corrected chi connectivity index (χ3v) is 2.39. The van der Waals surface area contributed by atoms with Crippen LogP contribution in [0.3, 0.4) is 0 Å². The van der Waals surface area contributed by atoms with Crippen LogP contribution in [0.25, 0.3) is 0 Å². The second-order valence-corrected chi connectivity index (χ2v) is 4.10. The molecule has 4 nitrogen and oxygen atoms in total. The summed E-state index contributed by atoms with van der Waals surface area (Å²) in [5.74, 6) is -0.0425.